The molecule has 4 aliphatic heterocycles. The van der Waals surface area contributed by atoms with Crippen molar-refractivity contribution < 1.29 is 4.48 Å². The van der Waals surface area contributed by atoms with Crippen molar-refractivity contribution in [1.29, 1.82) is 0 Å². The lowest BCUT2D eigenvalue weighted by Crippen LogP contribution is -2.78. The zero-order chi connectivity index (χ0) is 13.0. The summed E-state index contributed by atoms with van der Waals surface area (Å²) < 4.78 is 1.20. The van der Waals surface area contributed by atoms with E-state index in [1.807, 2.05) is 0 Å². The molecule has 0 N–H and O–H groups in total. The fourth-order valence-electron chi connectivity index (χ4n) is 4.10. The highest BCUT2D eigenvalue weighted by Gasteiger charge is 2.48. The third kappa shape index (κ3) is 1.99. The summed E-state index contributed by atoms with van der Waals surface area (Å²) in [5, 5.41) is 0. The van der Waals surface area contributed by atoms with E-state index in [0.29, 0.717) is 0 Å². The Kier molecular flexibility index (Phi) is 2.51. The van der Waals surface area contributed by atoms with Gasteiger partial charge in [-0.3, -0.25) is 4.48 Å². The first-order chi connectivity index (χ1) is 9.12. The van der Waals surface area contributed by atoms with E-state index < -0.39 is 0 Å². The Labute approximate surface area is 115 Å². The van der Waals surface area contributed by atoms with Gasteiger partial charge in [-0.2, -0.15) is 0 Å². The molecular weight excluding hydrogens is 236 g/mol. The first-order valence-corrected chi connectivity index (χ1v) is 7.20. The van der Waals surface area contributed by atoms with Crippen LogP contribution in [0, 0.1) is 13.8 Å². The van der Waals surface area contributed by atoms with Gasteiger partial charge in [0.15, 0.2) is 0 Å². The molecule has 102 valence electrons. The van der Waals surface area contributed by atoms with Gasteiger partial charge in [0.1, 0.15) is 26.6 Å². The summed E-state index contributed by atoms with van der Waals surface area (Å²) in [6.45, 7) is 12.8. The summed E-state index contributed by atoms with van der Waals surface area (Å²) in [6.07, 6.45) is 0. The number of aryl methyl sites for hydroxylation is 2. The molecule has 1 aromatic rings. The number of hydrogen-bond donors (Lipinski definition) is 0. The maximum absolute atomic E-state index is 2.58. The van der Waals surface area contributed by atoms with Crippen LogP contribution in [0.1, 0.15) is 16.7 Å². The molecule has 4 aliphatic rings. The maximum atomic E-state index is 2.58. The lowest BCUT2D eigenvalue weighted by Gasteiger charge is -2.60. The molecule has 0 radical (unpaired) electrons. The number of rotatable bonds is 2. The molecule has 19 heavy (non-hydrogen) atoms. The molecule has 4 heteroatoms. The second kappa shape index (κ2) is 4.03. The Morgan fingerprint density at radius 3 is 2.00 bits per heavy atom. The topological polar surface area (TPSA) is 9.72 Å². The molecule has 0 saturated carbocycles. The van der Waals surface area contributed by atoms with Gasteiger partial charge in [0, 0.05) is 5.56 Å². The van der Waals surface area contributed by atoms with Crippen molar-refractivity contribution >= 4 is 0 Å². The largest absolute Gasteiger partial charge is 0.282 e. The van der Waals surface area contributed by atoms with Crippen LogP contribution in [0.4, 0.5) is 0 Å². The van der Waals surface area contributed by atoms with E-state index in [9.17, 15) is 0 Å². The molecule has 0 aromatic heterocycles. The van der Waals surface area contributed by atoms with Gasteiger partial charge in [0.25, 0.3) is 0 Å². The van der Waals surface area contributed by atoms with Gasteiger partial charge in [-0.15, -0.1) is 0 Å². The van der Waals surface area contributed by atoms with E-state index >= 15 is 0 Å². The molecular formula is C15H23N4+. The molecule has 0 unspecified atom stereocenters. The minimum atomic E-state index is 1.17. The molecule has 4 heterocycles. The Balaban J connectivity index is 1.60. The monoisotopic (exact) mass is 259 g/mol. The van der Waals surface area contributed by atoms with Crippen LogP contribution in [-0.4, -0.2) is 59.2 Å². The summed E-state index contributed by atoms with van der Waals surface area (Å²) in [5.74, 6) is 0. The van der Waals surface area contributed by atoms with Gasteiger partial charge in [0.05, 0.1) is 20.0 Å². The molecule has 0 aliphatic carbocycles. The second-order valence-corrected chi connectivity index (χ2v) is 6.78. The van der Waals surface area contributed by atoms with Crippen LogP contribution in [0.15, 0.2) is 18.2 Å². The highest BCUT2D eigenvalue weighted by molar-refractivity contribution is 5.29. The van der Waals surface area contributed by atoms with Crippen molar-refractivity contribution in [3.8, 4) is 0 Å². The summed E-state index contributed by atoms with van der Waals surface area (Å²) in [5.41, 5.74) is 4.32. The highest BCUT2D eigenvalue weighted by Crippen LogP contribution is 2.30. The van der Waals surface area contributed by atoms with Crippen LogP contribution in [0.5, 0.6) is 0 Å². The van der Waals surface area contributed by atoms with Gasteiger partial charge in [-0.25, -0.2) is 14.7 Å². The number of benzene rings is 1. The van der Waals surface area contributed by atoms with Crippen LogP contribution in [0.3, 0.4) is 0 Å². The van der Waals surface area contributed by atoms with Crippen LogP contribution in [-0.2, 0) is 6.54 Å². The number of hydrogen-bond acceptors (Lipinski definition) is 3. The standard InChI is InChI=1S/C15H23N4/c1-13-3-4-15(5-14(13)2)6-19-10-16-7-17(11-19)9-18(8-16)12-19/h3-5H,6-12H2,1-2H3/q+1. The van der Waals surface area contributed by atoms with Gasteiger partial charge in [-0.1, -0.05) is 18.2 Å². The Morgan fingerprint density at radius 1 is 0.895 bits per heavy atom. The summed E-state index contributed by atoms with van der Waals surface area (Å²) in [7, 11) is 0. The van der Waals surface area contributed by atoms with Crippen molar-refractivity contribution in [2.24, 2.45) is 0 Å². The molecule has 5 rings (SSSR count). The predicted molar refractivity (Wildman–Crippen MR) is 74.6 cm³/mol. The summed E-state index contributed by atoms with van der Waals surface area (Å²) >= 11 is 0. The molecule has 0 spiro atoms. The highest BCUT2D eigenvalue weighted by atomic mass is 15.7. The van der Waals surface area contributed by atoms with E-state index in [4.69, 9.17) is 0 Å². The van der Waals surface area contributed by atoms with Crippen molar-refractivity contribution in [2.45, 2.75) is 20.4 Å². The van der Waals surface area contributed by atoms with Crippen LogP contribution >= 0.6 is 0 Å². The Bertz CT molecular complexity index is 476. The zero-order valence-electron chi connectivity index (χ0n) is 12.0. The smallest absolute Gasteiger partial charge is 0.139 e. The second-order valence-electron chi connectivity index (χ2n) is 6.78. The third-order valence-corrected chi connectivity index (χ3v) is 4.79. The summed E-state index contributed by atoms with van der Waals surface area (Å²) in [4.78, 5) is 7.74. The lowest BCUT2D eigenvalue weighted by atomic mass is 10.1. The van der Waals surface area contributed by atoms with Crippen molar-refractivity contribution in [3.63, 3.8) is 0 Å². The van der Waals surface area contributed by atoms with Crippen LogP contribution < -0.4 is 0 Å². The van der Waals surface area contributed by atoms with E-state index in [0.717, 1.165) is 0 Å². The molecule has 4 nitrogen and oxygen atoms in total. The fraction of sp³-hybridized carbons (Fsp3) is 0.600. The van der Waals surface area contributed by atoms with Crippen LogP contribution in [0.25, 0.3) is 0 Å². The molecule has 1 aromatic carbocycles. The minimum absolute atomic E-state index is 1.17. The number of quaternary nitrogens is 1. The Morgan fingerprint density at radius 2 is 1.47 bits per heavy atom. The average molecular weight is 259 g/mol. The van der Waals surface area contributed by atoms with Gasteiger partial charge in [-0.05, 0) is 25.0 Å². The number of nitrogens with zero attached hydrogens (tertiary/aromatic N) is 4. The van der Waals surface area contributed by atoms with E-state index in [-0.39, 0.29) is 0 Å². The van der Waals surface area contributed by atoms with Gasteiger partial charge >= 0.3 is 0 Å². The SMILES string of the molecule is Cc1ccc(C[N+]23CN4CN(CN(C4)C2)C3)cc1C. The molecule has 4 saturated heterocycles. The Hall–Kier alpha value is -0.940. The van der Waals surface area contributed by atoms with E-state index in [1.54, 1.807) is 0 Å². The first kappa shape index (κ1) is 11.9. The predicted octanol–water partition coefficient (Wildman–Crippen LogP) is 1.31. The normalized spacial score (nSPS) is 39.8. The lowest BCUT2D eigenvalue weighted by molar-refractivity contribution is -0.991. The molecule has 4 bridgehead atoms. The summed E-state index contributed by atoms with van der Waals surface area (Å²) in [6, 6.07) is 6.97. The third-order valence-electron chi connectivity index (χ3n) is 4.79. The quantitative estimate of drug-likeness (QED) is 0.742. The first-order valence-electron chi connectivity index (χ1n) is 7.20. The molecule has 0 amide bonds. The van der Waals surface area contributed by atoms with Gasteiger partial charge < -0.3 is 0 Å². The van der Waals surface area contributed by atoms with Crippen molar-refractivity contribution in [3.05, 3.63) is 34.9 Å². The average Bonchev–Trinajstić information content (AvgIpc) is 2.31. The van der Waals surface area contributed by atoms with Crippen LogP contribution in [0.2, 0.25) is 0 Å². The van der Waals surface area contributed by atoms with Crippen molar-refractivity contribution in [1.82, 2.24) is 14.7 Å². The van der Waals surface area contributed by atoms with Gasteiger partial charge in [0.2, 0.25) is 0 Å². The fourth-order valence-corrected chi connectivity index (χ4v) is 4.10. The molecule has 0 atom stereocenters. The maximum Gasteiger partial charge on any atom is 0.139 e. The van der Waals surface area contributed by atoms with Crippen molar-refractivity contribution in [2.75, 3.05) is 40.0 Å². The van der Waals surface area contributed by atoms with E-state index in [1.165, 1.54) is 67.7 Å². The molecule has 4 fully saturated rings. The minimum Gasteiger partial charge on any atom is -0.282 e. The zero-order valence-corrected chi connectivity index (χ0v) is 12.0. The van der Waals surface area contributed by atoms with E-state index in [2.05, 4.69) is 46.7 Å².